The second-order valence-electron chi connectivity index (χ2n) is 5.97. The molecule has 2 aromatic rings. The summed E-state index contributed by atoms with van der Waals surface area (Å²) in [5.74, 6) is 0.324. The van der Waals surface area contributed by atoms with Gasteiger partial charge in [0.2, 0.25) is 0 Å². The van der Waals surface area contributed by atoms with Crippen LogP contribution in [0.4, 0.5) is 8.78 Å². The van der Waals surface area contributed by atoms with Crippen LogP contribution in [-0.2, 0) is 16.4 Å². The fourth-order valence-electron chi connectivity index (χ4n) is 2.51. The number of rotatable bonds is 8. The molecule has 2 rings (SSSR count). The van der Waals surface area contributed by atoms with Crippen molar-refractivity contribution < 1.29 is 21.9 Å². The quantitative estimate of drug-likeness (QED) is 0.306. The SMILES string of the molecule is CN=C(NCCS(=O)(=O)c1ccccc1)NCc1cc(C)ccc1OC(F)F.I. The number of hydrogen-bond donors (Lipinski definition) is 2. The normalized spacial score (nSPS) is 11.7. The summed E-state index contributed by atoms with van der Waals surface area (Å²) in [6, 6.07) is 13.1. The number of halogens is 3. The summed E-state index contributed by atoms with van der Waals surface area (Å²) in [6.45, 7) is -0.737. The summed E-state index contributed by atoms with van der Waals surface area (Å²) in [5.41, 5.74) is 1.44. The number of aliphatic imine (C=N–C) groups is 1. The van der Waals surface area contributed by atoms with E-state index in [1.807, 2.05) is 6.92 Å². The molecule has 0 saturated carbocycles. The van der Waals surface area contributed by atoms with Crippen molar-refractivity contribution in [3.8, 4) is 5.75 Å². The minimum absolute atomic E-state index is 0. The van der Waals surface area contributed by atoms with Crippen LogP contribution in [0.15, 0.2) is 58.4 Å². The molecule has 2 aromatic carbocycles. The number of nitrogens with one attached hydrogen (secondary N) is 2. The first-order chi connectivity index (χ1) is 13.3. The summed E-state index contributed by atoms with van der Waals surface area (Å²) in [5, 5.41) is 5.88. The van der Waals surface area contributed by atoms with E-state index in [4.69, 9.17) is 0 Å². The minimum atomic E-state index is -3.41. The maximum absolute atomic E-state index is 12.5. The van der Waals surface area contributed by atoms with Crippen molar-refractivity contribution in [3.05, 3.63) is 59.7 Å². The first-order valence-electron chi connectivity index (χ1n) is 8.58. The van der Waals surface area contributed by atoms with Gasteiger partial charge >= 0.3 is 6.61 Å². The highest BCUT2D eigenvalue weighted by molar-refractivity contribution is 14.0. The van der Waals surface area contributed by atoms with Gasteiger partial charge in [0.05, 0.1) is 10.6 Å². The number of alkyl halides is 2. The maximum atomic E-state index is 12.5. The van der Waals surface area contributed by atoms with E-state index in [1.165, 1.54) is 13.1 Å². The van der Waals surface area contributed by atoms with Crippen LogP contribution >= 0.6 is 24.0 Å². The molecule has 6 nitrogen and oxygen atoms in total. The molecule has 0 bridgehead atoms. The zero-order chi connectivity index (χ0) is 20.6. The van der Waals surface area contributed by atoms with Crippen LogP contribution in [-0.4, -0.2) is 40.3 Å². The van der Waals surface area contributed by atoms with Gasteiger partial charge in [-0.25, -0.2) is 8.42 Å². The van der Waals surface area contributed by atoms with Crippen molar-refractivity contribution in [2.24, 2.45) is 4.99 Å². The Hall–Kier alpha value is -1.95. The van der Waals surface area contributed by atoms with E-state index in [9.17, 15) is 17.2 Å². The Balaban J connectivity index is 0.00000420. The molecule has 0 aliphatic carbocycles. The molecule has 0 fully saturated rings. The second kappa shape index (κ2) is 11.9. The van der Waals surface area contributed by atoms with Gasteiger partial charge in [-0.2, -0.15) is 8.78 Å². The van der Waals surface area contributed by atoms with Crippen molar-refractivity contribution >= 4 is 39.8 Å². The van der Waals surface area contributed by atoms with Gasteiger partial charge in [0.15, 0.2) is 15.8 Å². The Morgan fingerprint density at radius 3 is 2.45 bits per heavy atom. The summed E-state index contributed by atoms with van der Waals surface area (Å²) in [6.07, 6.45) is 0. The highest BCUT2D eigenvalue weighted by Gasteiger charge is 2.14. The van der Waals surface area contributed by atoms with Crippen LogP contribution < -0.4 is 15.4 Å². The summed E-state index contributed by atoms with van der Waals surface area (Å²) >= 11 is 0. The van der Waals surface area contributed by atoms with Gasteiger partial charge in [-0.1, -0.05) is 35.9 Å². The van der Waals surface area contributed by atoms with Crippen LogP contribution in [0.1, 0.15) is 11.1 Å². The zero-order valence-electron chi connectivity index (χ0n) is 16.1. The second-order valence-corrected chi connectivity index (χ2v) is 8.08. The number of benzene rings is 2. The van der Waals surface area contributed by atoms with E-state index >= 15 is 0 Å². The van der Waals surface area contributed by atoms with E-state index in [0.717, 1.165) is 5.56 Å². The van der Waals surface area contributed by atoms with E-state index in [-0.39, 0.29) is 53.5 Å². The summed E-state index contributed by atoms with van der Waals surface area (Å²) in [7, 11) is -1.87. The fourth-order valence-corrected chi connectivity index (χ4v) is 3.68. The largest absolute Gasteiger partial charge is 0.434 e. The van der Waals surface area contributed by atoms with Crippen LogP contribution in [0.25, 0.3) is 0 Å². The average Bonchev–Trinajstić information content (AvgIpc) is 2.66. The molecule has 0 unspecified atom stereocenters. The topological polar surface area (TPSA) is 79.8 Å². The van der Waals surface area contributed by atoms with Crippen molar-refractivity contribution in [1.82, 2.24) is 10.6 Å². The first-order valence-corrected chi connectivity index (χ1v) is 10.2. The molecule has 0 aromatic heterocycles. The molecule has 0 spiro atoms. The van der Waals surface area contributed by atoms with Crippen molar-refractivity contribution in [1.29, 1.82) is 0 Å². The van der Waals surface area contributed by atoms with Crippen molar-refractivity contribution in [2.75, 3.05) is 19.3 Å². The highest BCUT2D eigenvalue weighted by Crippen LogP contribution is 2.22. The van der Waals surface area contributed by atoms with Gasteiger partial charge in [-0.15, -0.1) is 24.0 Å². The fraction of sp³-hybridized carbons (Fsp3) is 0.316. The molecule has 160 valence electrons. The number of ether oxygens (including phenoxy) is 1. The molecule has 0 atom stereocenters. The van der Waals surface area contributed by atoms with Gasteiger partial charge in [0.1, 0.15) is 5.75 Å². The van der Waals surface area contributed by atoms with E-state index in [1.54, 1.807) is 42.5 Å². The summed E-state index contributed by atoms with van der Waals surface area (Å²) < 4.78 is 54.2. The lowest BCUT2D eigenvalue weighted by Gasteiger charge is -2.15. The number of nitrogens with zero attached hydrogens (tertiary/aromatic N) is 1. The first kappa shape index (κ1) is 25.1. The van der Waals surface area contributed by atoms with Crippen LogP contribution in [0.5, 0.6) is 5.75 Å². The number of guanidine groups is 1. The molecule has 0 aliphatic rings. The minimum Gasteiger partial charge on any atom is -0.434 e. The van der Waals surface area contributed by atoms with Gasteiger partial charge in [0, 0.05) is 25.7 Å². The molecule has 29 heavy (non-hydrogen) atoms. The summed E-state index contributed by atoms with van der Waals surface area (Å²) in [4.78, 5) is 4.28. The third-order valence-electron chi connectivity index (χ3n) is 3.87. The van der Waals surface area contributed by atoms with Gasteiger partial charge in [-0.05, 0) is 25.1 Å². The van der Waals surface area contributed by atoms with Crippen molar-refractivity contribution in [3.63, 3.8) is 0 Å². The van der Waals surface area contributed by atoms with E-state index < -0.39 is 16.4 Å². The maximum Gasteiger partial charge on any atom is 0.387 e. The van der Waals surface area contributed by atoms with Crippen LogP contribution in [0.2, 0.25) is 0 Å². The monoisotopic (exact) mass is 539 g/mol. The Kier molecular flexibility index (Phi) is 10.3. The Bertz CT molecular complexity index is 910. The molecule has 0 aliphatic heterocycles. The molecule has 0 amide bonds. The van der Waals surface area contributed by atoms with Gasteiger partial charge < -0.3 is 15.4 Å². The highest BCUT2D eigenvalue weighted by atomic mass is 127. The van der Waals surface area contributed by atoms with E-state index in [2.05, 4.69) is 20.4 Å². The third-order valence-corrected chi connectivity index (χ3v) is 5.60. The van der Waals surface area contributed by atoms with Crippen LogP contribution in [0, 0.1) is 6.92 Å². The predicted octanol–water partition coefficient (Wildman–Crippen LogP) is 3.35. The molecule has 0 saturated heterocycles. The van der Waals surface area contributed by atoms with Crippen LogP contribution in [0.3, 0.4) is 0 Å². The smallest absolute Gasteiger partial charge is 0.387 e. The Morgan fingerprint density at radius 2 is 1.83 bits per heavy atom. The third kappa shape index (κ3) is 8.13. The van der Waals surface area contributed by atoms with Gasteiger partial charge in [-0.3, -0.25) is 4.99 Å². The lowest BCUT2D eigenvalue weighted by molar-refractivity contribution is -0.0504. The molecule has 0 radical (unpaired) electrons. The number of hydrogen-bond acceptors (Lipinski definition) is 4. The lowest BCUT2D eigenvalue weighted by Crippen LogP contribution is -2.39. The molecule has 10 heteroatoms. The Morgan fingerprint density at radius 1 is 1.14 bits per heavy atom. The van der Waals surface area contributed by atoms with Gasteiger partial charge in [0.25, 0.3) is 0 Å². The number of aryl methyl sites for hydroxylation is 1. The van der Waals surface area contributed by atoms with E-state index in [0.29, 0.717) is 11.5 Å². The molecular weight excluding hydrogens is 515 g/mol. The molecule has 2 N–H and O–H groups in total. The molecular formula is C19H24F2IN3O3S. The number of sulfone groups is 1. The zero-order valence-corrected chi connectivity index (χ0v) is 19.2. The van der Waals surface area contributed by atoms with Crippen molar-refractivity contribution in [2.45, 2.75) is 25.0 Å². The predicted molar refractivity (Wildman–Crippen MR) is 120 cm³/mol. The standard InChI is InChI=1S/C19H23F2N3O3S.HI/c1-14-8-9-17(27-18(20)21)15(12-14)13-24-19(22-2)23-10-11-28(25,26)16-6-4-3-5-7-16;/h3-9,12,18H,10-11,13H2,1-2H3,(H2,22,23,24);1H. The lowest BCUT2D eigenvalue weighted by atomic mass is 10.1. The average molecular weight is 539 g/mol. The Labute approximate surface area is 186 Å². The molecule has 0 heterocycles.